The summed E-state index contributed by atoms with van der Waals surface area (Å²) < 4.78 is 10.1. The van der Waals surface area contributed by atoms with Gasteiger partial charge in [0.15, 0.2) is 0 Å². The third-order valence-corrected chi connectivity index (χ3v) is 2.96. The van der Waals surface area contributed by atoms with Gasteiger partial charge in [-0.2, -0.15) is 0 Å². The smallest absolute Gasteiger partial charge is 0.407 e. The molecular weight excluding hydrogens is 262 g/mol. The summed E-state index contributed by atoms with van der Waals surface area (Å²) in [5.74, 6) is -0.826. The first-order chi connectivity index (χ1) is 9.23. The molecule has 0 unspecified atom stereocenters. The normalized spacial score (nSPS) is 23.1. The number of carbonyl (C=O) groups is 3. The van der Waals surface area contributed by atoms with Crippen molar-refractivity contribution in [3.8, 4) is 0 Å². The molecule has 2 atom stereocenters. The van der Waals surface area contributed by atoms with Gasteiger partial charge in [-0.15, -0.1) is 0 Å². The number of hydrogen-bond acceptors (Lipinski definition) is 5. The lowest BCUT2D eigenvalue weighted by Crippen LogP contribution is -2.49. The molecule has 0 saturated heterocycles. The number of hydrogen-bond donors (Lipinski definition) is 1. The molecule has 0 aromatic rings. The number of carbonyl (C=O) groups excluding carboxylic acids is 3. The maximum Gasteiger partial charge on any atom is 0.407 e. The molecule has 1 amide bonds. The van der Waals surface area contributed by atoms with E-state index in [4.69, 9.17) is 9.47 Å². The van der Waals surface area contributed by atoms with Crippen molar-refractivity contribution >= 4 is 17.8 Å². The van der Waals surface area contributed by atoms with Crippen LogP contribution in [0.25, 0.3) is 0 Å². The molecule has 20 heavy (non-hydrogen) atoms. The Bertz CT molecular complexity index is 386. The zero-order valence-electron chi connectivity index (χ0n) is 12.5. The number of ether oxygens (including phenoxy) is 2. The number of alkyl carbamates (subject to hydrolysis) is 1. The Balaban J connectivity index is 2.68. The minimum absolute atomic E-state index is 0.0339. The molecule has 1 N–H and O–H groups in total. The Kier molecular flexibility index (Phi) is 5.53. The maximum atomic E-state index is 11.9. The van der Waals surface area contributed by atoms with Crippen LogP contribution in [0.4, 0.5) is 4.79 Å². The van der Waals surface area contributed by atoms with Crippen molar-refractivity contribution in [2.75, 3.05) is 6.61 Å². The van der Waals surface area contributed by atoms with Gasteiger partial charge in [0.25, 0.3) is 0 Å². The minimum Gasteiger partial charge on any atom is -0.466 e. The molecule has 1 aliphatic carbocycles. The van der Waals surface area contributed by atoms with Crippen LogP contribution in [-0.4, -0.2) is 36.1 Å². The van der Waals surface area contributed by atoms with Crippen LogP contribution in [0.3, 0.4) is 0 Å². The lowest BCUT2D eigenvalue weighted by Gasteiger charge is -2.30. The van der Waals surface area contributed by atoms with Gasteiger partial charge in [0, 0.05) is 12.8 Å². The first-order valence-corrected chi connectivity index (χ1v) is 6.90. The molecular formula is C14H23NO5. The number of ketones is 1. The fourth-order valence-corrected chi connectivity index (χ4v) is 2.15. The standard InChI is InChI=1S/C14H23NO5/c1-5-19-12(17)10-7-6-9(16)8-11(10)15-13(18)20-14(2,3)4/h10-11H,5-8H2,1-4H3,(H,15,18)/t10-,11+/m1/s1. The summed E-state index contributed by atoms with van der Waals surface area (Å²) in [6.45, 7) is 7.26. The topological polar surface area (TPSA) is 81.7 Å². The molecule has 114 valence electrons. The molecule has 1 saturated carbocycles. The van der Waals surface area contributed by atoms with Gasteiger partial charge in [-0.3, -0.25) is 9.59 Å². The highest BCUT2D eigenvalue weighted by Gasteiger charge is 2.37. The Hall–Kier alpha value is -1.59. The van der Waals surface area contributed by atoms with Crippen molar-refractivity contribution in [1.82, 2.24) is 5.32 Å². The van der Waals surface area contributed by atoms with Crippen molar-refractivity contribution in [1.29, 1.82) is 0 Å². The Labute approximate surface area is 119 Å². The number of esters is 1. The molecule has 1 rings (SSSR count). The zero-order chi connectivity index (χ0) is 15.3. The Morgan fingerprint density at radius 3 is 2.55 bits per heavy atom. The van der Waals surface area contributed by atoms with Crippen molar-refractivity contribution in [2.24, 2.45) is 5.92 Å². The molecule has 0 spiro atoms. The summed E-state index contributed by atoms with van der Waals surface area (Å²) in [5, 5.41) is 2.61. The average Bonchev–Trinajstić information content (AvgIpc) is 2.26. The van der Waals surface area contributed by atoms with E-state index >= 15 is 0 Å². The highest BCUT2D eigenvalue weighted by atomic mass is 16.6. The van der Waals surface area contributed by atoms with Gasteiger partial charge in [0.1, 0.15) is 11.4 Å². The van der Waals surface area contributed by atoms with Crippen LogP contribution in [-0.2, 0) is 19.1 Å². The first-order valence-electron chi connectivity index (χ1n) is 6.90. The van der Waals surface area contributed by atoms with Gasteiger partial charge in [0.2, 0.25) is 0 Å². The van der Waals surface area contributed by atoms with Crippen LogP contribution in [0.2, 0.25) is 0 Å². The van der Waals surface area contributed by atoms with Gasteiger partial charge in [-0.05, 0) is 34.1 Å². The molecule has 0 aliphatic heterocycles. The summed E-state index contributed by atoms with van der Waals surface area (Å²) in [6.07, 6.45) is 0.267. The van der Waals surface area contributed by atoms with Crippen LogP contribution in [0.5, 0.6) is 0 Å². The number of Topliss-reactive ketones (excluding diaryl/α,β-unsaturated/α-hetero) is 1. The molecule has 0 radical (unpaired) electrons. The monoisotopic (exact) mass is 285 g/mol. The summed E-state index contributed by atoms with van der Waals surface area (Å²) in [7, 11) is 0. The summed E-state index contributed by atoms with van der Waals surface area (Å²) in [5.41, 5.74) is -0.623. The fourth-order valence-electron chi connectivity index (χ4n) is 2.15. The number of amides is 1. The van der Waals surface area contributed by atoms with E-state index in [0.29, 0.717) is 12.8 Å². The van der Waals surface area contributed by atoms with Crippen LogP contribution < -0.4 is 5.32 Å². The van der Waals surface area contributed by atoms with E-state index in [-0.39, 0.29) is 24.8 Å². The van der Waals surface area contributed by atoms with Crippen LogP contribution in [0.15, 0.2) is 0 Å². The molecule has 6 heteroatoms. The lowest BCUT2D eigenvalue weighted by atomic mass is 9.84. The van der Waals surface area contributed by atoms with Gasteiger partial charge in [0.05, 0.1) is 18.6 Å². The largest absolute Gasteiger partial charge is 0.466 e. The SMILES string of the molecule is CCOC(=O)[C@@H]1CCC(=O)C[C@@H]1NC(=O)OC(C)(C)C. The van der Waals surface area contributed by atoms with Crippen molar-refractivity contribution in [3.63, 3.8) is 0 Å². The quantitative estimate of drug-likeness (QED) is 0.800. The average molecular weight is 285 g/mol. The van der Waals surface area contributed by atoms with Crippen LogP contribution >= 0.6 is 0 Å². The Morgan fingerprint density at radius 2 is 2.00 bits per heavy atom. The van der Waals surface area contributed by atoms with Crippen LogP contribution in [0, 0.1) is 5.92 Å². The third-order valence-electron chi connectivity index (χ3n) is 2.96. The van der Waals surface area contributed by atoms with E-state index in [1.165, 1.54) is 0 Å². The van der Waals surface area contributed by atoms with E-state index in [2.05, 4.69) is 5.32 Å². The predicted molar refractivity (Wildman–Crippen MR) is 72.1 cm³/mol. The third kappa shape index (κ3) is 5.19. The van der Waals surface area contributed by atoms with Gasteiger partial charge in [-0.1, -0.05) is 0 Å². The van der Waals surface area contributed by atoms with Gasteiger partial charge < -0.3 is 14.8 Å². The summed E-state index contributed by atoms with van der Waals surface area (Å²) in [4.78, 5) is 35.1. The maximum absolute atomic E-state index is 11.9. The predicted octanol–water partition coefficient (Wildman–Crippen LogP) is 1.81. The van der Waals surface area contributed by atoms with E-state index in [1.807, 2.05) is 0 Å². The second kappa shape index (κ2) is 6.72. The van der Waals surface area contributed by atoms with Gasteiger partial charge in [-0.25, -0.2) is 4.79 Å². The first kappa shape index (κ1) is 16.5. The van der Waals surface area contributed by atoms with Crippen molar-refractivity contribution < 1.29 is 23.9 Å². The minimum atomic E-state index is -0.623. The molecule has 0 aromatic heterocycles. The van der Waals surface area contributed by atoms with E-state index < -0.39 is 23.7 Å². The molecule has 0 aromatic carbocycles. The molecule has 0 heterocycles. The summed E-state index contributed by atoms with van der Waals surface area (Å²) in [6, 6.07) is -0.551. The van der Waals surface area contributed by atoms with Crippen molar-refractivity contribution in [3.05, 3.63) is 0 Å². The zero-order valence-corrected chi connectivity index (χ0v) is 12.5. The number of rotatable bonds is 3. The molecule has 1 fully saturated rings. The molecule has 0 bridgehead atoms. The lowest BCUT2D eigenvalue weighted by molar-refractivity contribution is -0.150. The van der Waals surface area contributed by atoms with Crippen molar-refractivity contribution in [2.45, 2.75) is 58.6 Å². The second-order valence-corrected chi connectivity index (χ2v) is 5.89. The Morgan fingerprint density at radius 1 is 1.35 bits per heavy atom. The second-order valence-electron chi connectivity index (χ2n) is 5.89. The number of nitrogens with one attached hydrogen (secondary N) is 1. The molecule has 1 aliphatic rings. The summed E-state index contributed by atoms with van der Waals surface area (Å²) >= 11 is 0. The highest BCUT2D eigenvalue weighted by Crippen LogP contribution is 2.24. The van der Waals surface area contributed by atoms with E-state index in [1.54, 1.807) is 27.7 Å². The molecule has 6 nitrogen and oxygen atoms in total. The highest BCUT2D eigenvalue weighted by molar-refractivity contribution is 5.85. The van der Waals surface area contributed by atoms with E-state index in [0.717, 1.165) is 0 Å². The van der Waals surface area contributed by atoms with E-state index in [9.17, 15) is 14.4 Å². The van der Waals surface area contributed by atoms with Gasteiger partial charge >= 0.3 is 12.1 Å². The van der Waals surface area contributed by atoms with Crippen LogP contribution in [0.1, 0.15) is 47.0 Å². The fraction of sp³-hybridized carbons (Fsp3) is 0.786.